The number of carbonyl (C=O) groups is 1. The molecule has 1 aromatic rings. The fourth-order valence-corrected chi connectivity index (χ4v) is 2.75. The molecule has 124 valence electrons. The van der Waals surface area contributed by atoms with Crippen molar-refractivity contribution in [2.75, 3.05) is 43.2 Å². The van der Waals surface area contributed by atoms with E-state index in [-0.39, 0.29) is 12.4 Å². The molecule has 0 aliphatic carbocycles. The number of ketones is 1. The van der Waals surface area contributed by atoms with Crippen LogP contribution >= 0.6 is 0 Å². The number of hydrazone groups is 1. The molecule has 2 heterocycles. The van der Waals surface area contributed by atoms with E-state index in [4.69, 9.17) is 9.47 Å². The monoisotopic (exact) mass is 317 g/mol. The van der Waals surface area contributed by atoms with Gasteiger partial charge in [0.1, 0.15) is 5.71 Å². The van der Waals surface area contributed by atoms with Crippen LogP contribution in [0.15, 0.2) is 29.4 Å². The van der Waals surface area contributed by atoms with Crippen LogP contribution in [0, 0.1) is 0 Å². The third-order valence-corrected chi connectivity index (χ3v) is 4.07. The SMILES string of the molecule is CC1(C)CC(=O)/C(=N/Nc2ccccc2N2CCOCC2)CO1. The molecule has 2 saturated heterocycles. The van der Waals surface area contributed by atoms with Gasteiger partial charge in [0.25, 0.3) is 0 Å². The maximum absolute atomic E-state index is 12.1. The molecule has 1 N–H and O–H groups in total. The molecule has 1 aromatic carbocycles. The molecule has 2 aliphatic heterocycles. The molecule has 0 aromatic heterocycles. The minimum Gasteiger partial charge on any atom is -0.378 e. The smallest absolute Gasteiger partial charge is 0.184 e. The number of morpholine rings is 1. The lowest BCUT2D eigenvalue weighted by molar-refractivity contribution is -0.122. The second-order valence-electron chi connectivity index (χ2n) is 6.44. The summed E-state index contributed by atoms with van der Waals surface area (Å²) in [6, 6.07) is 7.97. The first-order valence-corrected chi connectivity index (χ1v) is 7.97. The van der Waals surface area contributed by atoms with Gasteiger partial charge in [0, 0.05) is 19.5 Å². The molecule has 23 heavy (non-hydrogen) atoms. The molecule has 0 amide bonds. The van der Waals surface area contributed by atoms with Gasteiger partial charge >= 0.3 is 0 Å². The summed E-state index contributed by atoms with van der Waals surface area (Å²) >= 11 is 0. The zero-order chi connectivity index (χ0) is 16.3. The van der Waals surface area contributed by atoms with Crippen molar-refractivity contribution in [3.63, 3.8) is 0 Å². The minimum atomic E-state index is -0.401. The normalized spacial score (nSPS) is 23.1. The number of Topliss-reactive ketones (excluding diaryl/α,β-unsaturated/α-hetero) is 1. The second kappa shape index (κ2) is 6.68. The van der Waals surface area contributed by atoms with E-state index in [0.717, 1.165) is 37.7 Å². The first-order valence-electron chi connectivity index (χ1n) is 7.97. The Hall–Kier alpha value is -1.92. The van der Waals surface area contributed by atoms with E-state index >= 15 is 0 Å². The highest BCUT2D eigenvalue weighted by Crippen LogP contribution is 2.27. The zero-order valence-corrected chi connectivity index (χ0v) is 13.7. The van der Waals surface area contributed by atoms with Crippen molar-refractivity contribution in [3.05, 3.63) is 24.3 Å². The van der Waals surface area contributed by atoms with Gasteiger partial charge in [-0.2, -0.15) is 5.10 Å². The third-order valence-electron chi connectivity index (χ3n) is 4.07. The Morgan fingerprint density at radius 1 is 1.22 bits per heavy atom. The van der Waals surface area contributed by atoms with Gasteiger partial charge in [-0.15, -0.1) is 0 Å². The van der Waals surface area contributed by atoms with Crippen molar-refractivity contribution in [1.29, 1.82) is 0 Å². The molecule has 0 bridgehead atoms. The summed E-state index contributed by atoms with van der Waals surface area (Å²) in [7, 11) is 0. The van der Waals surface area contributed by atoms with Crippen LogP contribution in [-0.4, -0.2) is 50.0 Å². The summed E-state index contributed by atoms with van der Waals surface area (Å²) in [6.45, 7) is 7.25. The summed E-state index contributed by atoms with van der Waals surface area (Å²) in [4.78, 5) is 14.4. The number of nitrogens with zero attached hydrogens (tertiary/aromatic N) is 2. The highest BCUT2D eigenvalue weighted by Gasteiger charge is 2.31. The molecule has 0 radical (unpaired) electrons. The molecule has 3 rings (SSSR count). The van der Waals surface area contributed by atoms with Gasteiger partial charge in [-0.25, -0.2) is 0 Å². The molecule has 6 heteroatoms. The van der Waals surface area contributed by atoms with Gasteiger partial charge in [0.05, 0.1) is 36.8 Å². The molecule has 6 nitrogen and oxygen atoms in total. The van der Waals surface area contributed by atoms with Crippen molar-refractivity contribution in [2.24, 2.45) is 5.10 Å². The van der Waals surface area contributed by atoms with Crippen LogP contribution in [0.5, 0.6) is 0 Å². The lowest BCUT2D eigenvalue weighted by Gasteiger charge is -2.31. The number of hydrogen-bond donors (Lipinski definition) is 1. The zero-order valence-electron chi connectivity index (χ0n) is 13.7. The van der Waals surface area contributed by atoms with Gasteiger partial charge in [0.15, 0.2) is 5.78 Å². The predicted molar refractivity (Wildman–Crippen MR) is 90.2 cm³/mol. The topological polar surface area (TPSA) is 63.2 Å². The molecule has 2 fully saturated rings. The van der Waals surface area contributed by atoms with Gasteiger partial charge in [-0.3, -0.25) is 10.2 Å². The average Bonchev–Trinajstić information content (AvgIpc) is 2.54. The molecular formula is C17H23N3O3. The largest absolute Gasteiger partial charge is 0.378 e. The van der Waals surface area contributed by atoms with E-state index in [9.17, 15) is 4.79 Å². The van der Waals surface area contributed by atoms with Crippen molar-refractivity contribution in [1.82, 2.24) is 0 Å². The maximum Gasteiger partial charge on any atom is 0.184 e. The van der Waals surface area contributed by atoms with Crippen molar-refractivity contribution >= 4 is 22.9 Å². The van der Waals surface area contributed by atoms with E-state index < -0.39 is 5.60 Å². The molecular weight excluding hydrogens is 294 g/mol. The van der Waals surface area contributed by atoms with Gasteiger partial charge in [-0.1, -0.05) is 12.1 Å². The Kier molecular flexibility index (Phi) is 4.63. The molecule has 0 unspecified atom stereocenters. The van der Waals surface area contributed by atoms with E-state index in [2.05, 4.69) is 21.5 Å². The lowest BCUT2D eigenvalue weighted by atomic mass is 9.96. The quantitative estimate of drug-likeness (QED) is 0.865. The number of ether oxygens (including phenoxy) is 2. The van der Waals surface area contributed by atoms with Crippen molar-refractivity contribution < 1.29 is 14.3 Å². The Balaban J connectivity index is 1.73. The van der Waals surface area contributed by atoms with Crippen LogP contribution in [0.1, 0.15) is 20.3 Å². The lowest BCUT2D eigenvalue weighted by Crippen LogP contribution is -2.41. The summed E-state index contributed by atoms with van der Waals surface area (Å²) in [6.07, 6.45) is 0.360. The third kappa shape index (κ3) is 3.89. The van der Waals surface area contributed by atoms with E-state index in [1.165, 1.54) is 0 Å². The number of para-hydroxylation sites is 2. The van der Waals surface area contributed by atoms with E-state index in [1.807, 2.05) is 32.0 Å². The van der Waals surface area contributed by atoms with Crippen LogP contribution in [0.3, 0.4) is 0 Å². The first kappa shape index (κ1) is 16.0. The standard InChI is InChI=1S/C17H23N3O3/c1-17(2)11-16(21)14(12-23-17)19-18-13-5-3-4-6-15(13)20-7-9-22-10-8-20/h3-6,18H,7-12H2,1-2H3/b19-14+. The summed E-state index contributed by atoms with van der Waals surface area (Å²) in [5, 5.41) is 4.29. The van der Waals surface area contributed by atoms with Crippen LogP contribution in [0.25, 0.3) is 0 Å². The van der Waals surface area contributed by atoms with Gasteiger partial charge in [0.2, 0.25) is 0 Å². The average molecular weight is 317 g/mol. The number of anilines is 2. The van der Waals surface area contributed by atoms with Gasteiger partial charge in [-0.05, 0) is 26.0 Å². The first-order chi connectivity index (χ1) is 11.1. The summed E-state index contributed by atoms with van der Waals surface area (Å²) in [5.74, 6) is 0.0394. The Labute approximate surface area is 136 Å². The molecule has 0 saturated carbocycles. The van der Waals surface area contributed by atoms with Crippen LogP contribution in [0.4, 0.5) is 11.4 Å². The van der Waals surface area contributed by atoms with Crippen LogP contribution < -0.4 is 10.3 Å². The van der Waals surface area contributed by atoms with Crippen molar-refractivity contribution in [2.45, 2.75) is 25.9 Å². The fraction of sp³-hybridized carbons (Fsp3) is 0.529. The number of nitrogens with one attached hydrogen (secondary N) is 1. The Morgan fingerprint density at radius 2 is 1.96 bits per heavy atom. The Bertz CT molecular complexity index is 607. The van der Waals surface area contributed by atoms with Gasteiger partial charge < -0.3 is 14.4 Å². The highest BCUT2D eigenvalue weighted by molar-refractivity contribution is 6.41. The number of hydrogen-bond acceptors (Lipinski definition) is 6. The summed E-state index contributed by atoms with van der Waals surface area (Å²) < 4.78 is 11.1. The van der Waals surface area contributed by atoms with E-state index in [1.54, 1.807) is 0 Å². The molecule has 0 atom stereocenters. The summed E-state index contributed by atoms with van der Waals surface area (Å²) in [5.41, 5.74) is 5.05. The van der Waals surface area contributed by atoms with Crippen LogP contribution in [-0.2, 0) is 14.3 Å². The predicted octanol–water partition coefficient (Wildman–Crippen LogP) is 2.06. The second-order valence-corrected chi connectivity index (χ2v) is 6.44. The molecule has 2 aliphatic rings. The fourth-order valence-electron chi connectivity index (χ4n) is 2.75. The van der Waals surface area contributed by atoms with Crippen LogP contribution in [0.2, 0.25) is 0 Å². The minimum absolute atomic E-state index is 0.0394. The maximum atomic E-state index is 12.1. The Morgan fingerprint density at radius 3 is 2.70 bits per heavy atom. The highest BCUT2D eigenvalue weighted by atomic mass is 16.5. The van der Waals surface area contributed by atoms with Crippen molar-refractivity contribution in [3.8, 4) is 0 Å². The number of rotatable bonds is 3. The number of carbonyl (C=O) groups excluding carboxylic acids is 1. The molecule has 0 spiro atoms. The van der Waals surface area contributed by atoms with E-state index in [0.29, 0.717) is 12.1 Å². The number of benzene rings is 1.